The molecule has 0 aliphatic carbocycles. The molecule has 106 valence electrons. The number of nitrogens with zero attached hydrogens (tertiary/aromatic N) is 1. The van der Waals surface area contributed by atoms with Gasteiger partial charge in [0, 0.05) is 0 Å². The Bertz CT molecular complexity index is 572. The molecule has 0 aliphatic heterocycles. The zero-order chi connectivity index (χ0) is 14.6. The van der Waals surface area contributed by atoms with E-state index in [0.29, 0.717) is 0 Å². The lowest BCUT2D eigenvalue weighted by Crippen LogP contribution is -2.39. The van der Waals surface area contributed by atoms with Crippen LogP contribution < -0.4 is 10.0 Å². The topological polar surface area (TPSA) is 139 Å². The molecule has 1 rings (SSSR count). The third-order valence-electron chi connectivity index (χ3n) is 2.10. The van der Waals surface area contributed by atoms with Gasteiger partial charge in [0.15, 0.2) is 5.76 Å². The molecule has 10 heteroatoms. The predicted molar refractivity (Wildman–Crippen MR) is 61.8 cm³/mol. The van der Waals surface area contributed by atoms with Crippen LogP contribution in [0, 0.1) is 13.8 Å². The van der Waals surface area contributed by atoms with Crippen molar-refractivity contribution < 1.29 is 27.6 Å². The maximum absolute atomic E-state index is 11.9. The van der Waals surface area contributed by atoms with E-state index in [1.807, 2.05) is 10.0 Å². The van der Waals surface area contributed by atoms with E-state index in [4.69, 9.17) is 9.63 Å². The highest BCUT2D eigenvalue weighted by atomic mass is 32.2. The van der Waals surface area contributed by atoms with Crippen molar-refractivity contribution in [3.63, 3.8) is 0 Å². The van der Waals surface area contributed by atoms with E-state index in [0.717, 1.165) is 0 Å². The van der Waals surface area contributed by atoms with Crippen LogP contribution in [-0.2, 0) is 19.6 Å². The van der Waals surface area contributed by atoms with Gasteiger partial charge in [-0.15, -0.1) is 0 Å². The Morgan fingerprint density at radius 1 is 1.32 bits per heavy atom. The van der Waals surface area contributed by atoms with E-state index in [-0.39, 0.29) is 16.3 Å². The molecule has 1 amide bonds. The van der Waals surface area contributed by atoms with Crippen LogP contribution in [0.3, 0.4) is 0 Å². The number of sulfonamides is 1. The molecule has 0 bridgehead atoms. The summed E-state index contributed by atoms with van der Waals surface area (Å²) in [6.07, 6.45) is 0. The molecule has 0 aromatic carbocycles. The third kappa shape index (κ3) is 4.03. The molecule has 1 aromatic heterocycles. The first-order valence-electron chi connectivity index (χ1n) is 5.15. The summed E-state index contributed by atoms with van der Waals surface area (Å²) in [6.45, 7) is 1.74. The van der Waals surface area contributed by atoms with E-state index in [2.05, 4.69) is 5.16 Å². The Morgan fingerprint density at radius 2 is 1.95 bits per heavy atom. The maximum Gasteiger partial charge on any atom is 0.322 e. The molecule has 0 spiro atoms. The number of carbonyl (C=O) groups is 2. The first-order valence-corrected chi connectivity index (χ1v) is 6.63. The molecule has 19 heavy (non-hydrogen) atoms. The number of nitrogens with one attached hydrogen (secondary N) is 2. The van der Waals surface area contributed by atoms with Gasteiger partial charge in [-0.1, -0.05) is 5.16 Å². The smallest absolute Gasteiger partial charge is 0.322 e. The Balaban J connectivity index is 2.67. The average molecular weight is 291 g/mol. The first-order chi connectivity index (χ1) is 8.74. The number of carboxylic acid groups (broad SMARTS) is 1. The van der Waals surface area contributed by atoms with Crippen LogP contribution in [-0.4, -0.2) is 43.6 Å². The van der Waals surface area contributed by atoms with Gasteiger partial charge in [0.1, 0.15) is 17.1 Å². The van der Waals surface area contributed by atoms with E-state index < -0.39 is 35.0 Å². The van der Waals surface area contributed by atoms with Gasteiger partial charge in [-0.3, -0.25) is 9.59 Å². The Morgan fingerprint density at radius 3 is 2.42 bits per heavy atom. The van der Waals surface area contributed by atoms with Gasteiger partial charge < -0.3 is 14.9 Å². The SMILES string of the molecule is Cc1noc(C)c1S(=O)(=O)NCC(=O)NCC(=O)O. The summed E-state index contributed by atoms with van der Waals surface area (Å²) in [6, 6.07) is 0. The average Bonchev–Trinajstić information content (AvgIpc) is 2.64. The monoisotopic (exact) mass is 291 g/mol. The molecule has 0 saturated heterocycles. The van der Waals surface area contributed by atoms with Crippen LogP contribution in [0.4, 0.5) is 0 Å². The number of amides is 1. The second-order valence-electron chi connectivity index (χ2n) is 3.65. The van der Waals surface area contributed by atoms with E-state index in [1.165, 1.54) is 13.8 Å². The Kier molecular flexibility index (Phi) is 4.62. The van der Waals surface area contributed by atoms with Crippen molar-refractivity contribution in [2.75, 3.05) is 13.1 Å². The number of rotatable bonds is 6. The lowest BCUT2D eigenvalue weighted by Gasteiger charge is -2.06. The van der Waals surface area contributed by atoms with Crippen LogP contribution in [0.25, 0.3) is 0 Å². The number of aryl methyl sites for hydroxylation is 2. The molecule has 0 saturated carbocycles. The van der Waals surface area contributed by atoms with E-state index >= 15 is 0 Å². The minimum Gasteiger partial charge on any atom is -0.480 e. The Labute approximate surface area is 109 Å². The number of aliphatic carboxylic acids is 1. The van der Waals surface area contributed by atoms with Crippen molar-refractivity contribution in [2.24, 2.45) is 0 Å². The van der Waals surface area contributed by atoms with Gasteiger partial charge in [-0.2, -0.15) is 0 Å². The fourth-order valence-electron chi connectivity index (χ4n) is 1.33. The summed E-state index contributed by atoms with van der Waals surface area (Å²) >= 11 is 0. The minimum absolute atomic E-state index is 0.107. The molecule has 3 N–H and O–H groups in total. The van der Waals surface area contributed by atoms with Crippen molar-refractivity contribution in [1.29, 1.82) is 0 Å². The van der Waals surface area contributed by atoms with Crippen LogP contribution >= 0.6 is 0 Å². The fraction of sp³-hybridized carbons (Fsp3) is 0.444. The van der Waals surface area contributed by atoms with Gasteiger partial charge in [0.2, 0.25) is 15.9 Å². The van der Waals surface area contributed by atoms with Crippen molar-refractivity contribution in [3.05, 3.63) is 11.5 Å². The van der Waals surface area contributed by atoms with Crippen LogP contribution in [0.5, 0.6) is 0 Å². The second-order valence-corrected chi connectivity index (χ2v) is 5.35. The van der Waals surface area contributed by atoms with Gasteiger partial charge in [-0.25, -0.2) is 13.1 Å². The molecule has 0 atom stereocenters. The number of hydrogen-bond acceptors (Lipinski definition) is 6. The molecule has 0 fully saturated rings. The summed E-state index contributed by atoms with van der Waals surface area (Å²) in [5.74, 6) is -1.87. The maximum atomic E-state index is 11.9. The largest absolute Gasteiger partial charge is 0.480 e. The molecular weight excluding hydrogens is 278 g/mol. The van der Waals surface area contributed by atoms with Gasteiger partial charge in [0.05, 0.1) is 6.54 Å². The van der Waals surface area contributed by atoms with Gasteiger partial charge >= 0.3 is 5.97 Å². The molecular formula is C9H13N3O6S. The lowest BCUT2D eigenvalue weighted by molar-refractivity contribution is -0.137. The summed E-state index contributed by atoms with van der Waals surface area (Å²) in [5, 5.41) is 13.9. The van der Waals surface area contributed by atoms with Crippen LogP contribution in [0.1, 0.15) is 11.5 Å². The van der Waals surface area contributed by atoms with Gasteiger partial charge in [-0.05, 0) is 13.8 Å². The van der Waals surface area contributed by atoms with Crippen molar-refractivity contribution in [2.45, 2.75) is 18.7 Å². The van der Waals surface area contributed by atoms with E-state index in [9.17, 15) is 18.0 Å². The highest BCUT2D eigenvalue weighted by molar-refractivity contribution is 7.89. The highest BCUT2D eigenvalue weighted by Crippen LogP contribution is 2.17. The summed E-state index contributed by atoms with van der Waals surface area (Å²) < 4.78 is 30.5. The molecule has 0 radical (unpaired) electrons. The molecule has 1 heterocycles. The van der Waals surface area contributed by atoms with Gasteiger partial charge in [0.25, 0.3) is 0 Å². The molecule has 1 aromatic rings. The summed E-state index contributed by atoms with van der Waals surface area (Å²) in [7, 11) is -3.93. The third-order valence-corrected chi connectivity index (χ3v) is 3.74. The zero-order valence-corrected chi connectivity index (χ0v) is 11.1. The number of carboxylic acids is 1. The predicted octanol–water partition coefficient (Wildman–Crippen LogP) is -1.23. The number of hydrogen-bond donors (Lipinski definition) is 3. The quantitative estimate of drug-likeness (QED) is 0.596. The van der Waals surface area contributed by atoms with E-state index in [1.54, 1.807) is 0 Å². The zero-order valence-electron chi connectivity index (χ0n) is 10.3. The standard InChI is InChI=1S/C9H13N3O6S/c1-5-9(6(2)18-12-5)19(16,17)11-3-7(13)10-4-8(14)15/h11H,3-4H2,1-2H3,(H,10,13)(H,14,15). The molecule has 0 aliphatic rings. The van der Waals surface area contributed by atoms with Crippen molar-refractivity contribution >= 4 is 21.9 Å². The molecule has 9 nitrogen and oxygen atoms in total. The lowest BCUT2D eigenvalue weighted by atomic mass is 10.4. The summed E-state index contributed by atoms with van der Waals surface area (Å²) in [5.41, 5.74) is 0.177. The minimum atomic E-state index is -3.93. The fourth-order valence-corrected chi connectivity index (χ4v) is 2.64. The number of aromatic nitrogens is 1. The van der Waals surface area contributed by atoms with Crippen LogP contribution in [0.15, 0.2) is 9.42 Å². The first kappa shape index (κ1) is 15.1. The van der Waals surface area contributed by atoms with Crippen molar-refractivity contribution in [3.8, 4) is 0 Å². The highest BCUT2D eigenvalue weighted by Gasteiger charge is 2.24. The summed E-state index contributed by atoms with van der Waals surface area (Å²) in [4.78, 5) is 21.3. The Hall–Kier alpha value is -1.94. The second kappa shape index (κ2) is 5.80. The molecule has 0 unspecified atom stereocenters. The number of carbonyl (C=O) groups excluding carboxylic acids is 1. The van der Waals surface area contributed by atoms with Crippen LogP contribution in [0.2, 0.25) is 0 Å². The van der Waals surface area contributed by atoms with Crippen molar-refractivity contribution in [1.82, 2.24) is 15.2 Å². The normalized spacial score (nSPS) is 11.3.